The van der Waals surface area contributed by atoms with E-state index in [4.69, 9.17) is 14.6 Å². The maximum absolute atomic E-state index is 12.9. The van der Waals surface area contributed by atoms with Gasteiger partial charge in [-0.2, -0.15) is 5.10 Å². The number of ketones is 1. The number of aryl methyl sites for hydroxylation is 1. The lowest BCUT2D eigenvalue weighted by Crippen LogP contribution is -2.28. The standard InChI is InChI=1S/C26H35N3O5/c1-5-29-23-21(8-6-14-33-15-7-13-27-24(23)31)22(28-29)16-26(3,4)17-34-25(32)20-11-9-19(10-12-20)18(2)30/h9-12H,5-8,13-17H2,1-4H3,(H,27,31). The number of fused-ring (bicyclic) bond motifs is 1. The molecular weight excluding hydrogens is 434 g/mol. The first-order valence-electron chi connectivity index (χ1n) is 11.9. The van der Waals surface area contributed by atoms with Crippen LogP contribution in [0.3, 0.4) is 0 Å². The van der Waals surface area contributed by atoms with Gasteiger partial charge in [-0.05, 0) is 45.2 Å². The number of Topliss-reactive ketones (excluding diaryl/α,β-unsaturated/α-hetero) is 1. The first-order valence-corrected chi connectivity index (χ1v) is 11.9. The second-order valence-electron chi connectivity index (χ2n) is 9.47. The van der Waals surface area contributed by atoms with Crippen LogP contribution in [0.5, 0.6) is 0 Å². The van der Waals surface area contributed by atoms with Crippen molar-refractivity contribution in [3.05, 3.63) is 52.3 Å². The number of nitrogens with zero attached hydrogens (tertiary/aromatic N) is 2. The maximum Gasteiger partial charge on any atom is 0.338 e. The smallest absolute Gasteiger partial charge is 0.338 e. The zero-order chi connectivity index (χ0) is 24.7. The van der Waals surface area contributed by atoms with E-state index in [1.165, 1.54) is 6.92 Å². The SMILES string of the molecule is CCn1nc(CC(C)(C)COC(=O)c2ccc(C(C)=O)cc2)c2c1C(=O)NCCCOCCC2. The number of rotatable bonds is 7. The zero-order valence-corrected chi connectivity index (χ0v) is 20.6. The van der Waals surface area contributed by atoms with Gasteiger partial charge in [-0.1, -0.05) is 26.0 Å². The number of nitrogens with one attached hydrogen (secondary N) is 1. The van der Waals surface area contributed by atoms with Crippen molar-refractivity contribution in [2.45, 2.75) is 59.9 Å². The Kier molecular flexibility index (Phi) is 8.61. The Morgan fingerprint density at radius 3 is 2.50 bits per heavy atom. The van der Waals surface area contributed by atoms with Crippen LogP contribution in [0.15, 0.2) is 24.3 Å². The number of carbonyl (C=O) groups is 3. The van der Waals surface area contributed by atoms with Gasteiger partial charge in [-0.3, -0.25) is 14.3 Å². The summed E-state index contributed by atoms with van der Waals surface area (Å²) in [5.41, 5.74) is 2.99. The number of ether oxygens (including phenoxy) is 2. The van der Waals surface area contributed by atoms with E-state index in [2.05, 4.69) is 5.32 Å². The molecule has 0 saturated carbocycles. The average Bonchev–Trinajstić information content (AvgIpc) is 3.13. The normalized spacial score (nSPS) is 15.1. The molecule has 34 heavy (non-hydrogen) atoms. The Balaban J connectivity index is 1.74. The zero-order valence-electron chi connectivity index (χ0n) is 20.6. The van der Waals surface area contributed by atoms with Crippen molar-refractivity contribution in [1.29, 1.82) is 0 Å². The van der Waals surface area contributed by atoms with E-state index in [1.807, 2.05) is 20.8 Å². The lowest BCUT2D eigenvalue weighted by molar-refractivity contribution is 0.0339. The highest BCUT2D eigenvalue weighted by atomic mass is 16.5. The molecule has 2 aromatic rings. The van der Waals surface area contributed by atoms with Gasteiger partial charge >= 0.3 is 5.97 Å². The van der Waals surface area contributed by atoms with Gasteiger partial charge < -0.3 is 14.8 Å². The van der Waals surface area contributed by atoms with Gasteiger partial charge in [0.2, 0.25) is 0 Å². The minimum absolute atomic E-state index is 0.0513. The minimum Gasteiger partial charge on any atom is -0.462 e. The summed E-state index contributed by atoms with van der Waals surface area (Å²) in [6.07, 6.45) is 2.86. The van der Waals surface area contributed by atoms with E-state index in [-0.39, 0.29) is 18.3 Å². The fraction of sp³-hybridized carbons (Fsp3) is 0.538. The van der Waals surface area contributed by atoms with Crippen molar-refractivity contribution in [1.82, 2.24) is 15.1 Å². The second kappa shape index (κ2) is 11.4. The second-order valence-corrected chi connectivity index (χ2v) is 9.47. The monoisotopic (exact) mass is 469 g/mol. The molecule has 3 rings (SSSR count). The van der Waals surface area contributed by atoms with E-state index in [1.54, 1.807) is 28.9 Å². The summed E-state index contributed by atoms with van der Waals surface area (Å²) in [7, 11) is 0. The summed E-state index contributed by atoms with van der Waals surface area (Å²) in [4.78, 5) is 36.9. The molecule has 8 nitrogen and oxygen atoms in total. The van der Waals surface area contributed by atoms with Gasteiger partial charge in [0.05, 0.1) is 17.9 Å². The lowest BCUT2D eigenvalue weighted by Gasteiger charge is -2.24. The summed E-state index contributed by atoms with van der Waals surface area (Å²) >= 11 is 0. The molecule has 2 heterocycles. The van der Waals surface area contributed by atoms with Gasteiger partial charge in [0.1, 0.15) is 5.69 Å². The third-order valence-electron chi connectivity index (χ3n) is 5.88. The summed E-state index contributed by atoms with van der Waals surface area (Å²) < 4.78 is 13.0. The van der Waals surface area contributed by atoms with Crippen LogP contribution in [-0.2, 0) is 28.9 Å². The summed E-state index contributed by atoms with van der Waals surface area (Å²) in [5.74, 6) is -0.585. The average molecular weight is 470 g/mol. The molecule has 0 radical (unpaired) electrons. The van der Waals surface area contributed by atoms with Crippen LogP contribution < -0.4 is 5.32 Å². The van der Waals surface area contributed by atoms with Crippen LogP contribution in [-0.4, -0.2) is 53.8 Å². The van der Waals surface area contributed by atoms with Gasteiger partial charge in [-0.25, -0.2) is 4.79 Å². The Morgan fingerprint density at radius 1 is 1.15 bits per heavy atom. The molecule has 1 N–H and O–H groups in total. The van der Waals surface area contributed by atoms with E-state index < -0.39 is 11.4 Å². The van der Waals surface area contributed by atoms with E-state index >= 15 is 0 Å². The summed E-state index contributed by atoms with van der Waals surface area (Å²) in [6.45, 7) is 10.1. The lowest BCUT2D eigenvalue weighted by atomic mass is 9.86. The van der Waals surface area contributed by atoms with Crippen molar-refractivity contribution in [2.75, 3.05) is 26.4 Å². The Morgan fingerprint density at radius 2 is 1.82 bits per heavy atom. The Hall–Kier alpha value is -3.00. The van der Waals surface area contributed by atoms with Crippen LogP contribution in [0.1, 0.15) is 83.0 Å². The fourth-order valence-corrected chi connectivity index (χ4v) is 4.04. The van der Waals surface area contributed by atoms with Gasteiger partial charge in [0.25, 0.3) is 5.91 Å². The molecule has 1 aromatic carbocycles. The molecule has 1 aliphatic heterocycles. The van der Waals surface area contributed by atoms with E-state index in [0.29, 0.717) is 56.0 Å². The first-order chi connectivity index (χ1) is 16.2. The summed E-state index contributed by atoms with van der Waals surface area (Å²) in [5, 5.41) is 7.75. The van der Waals surface area contributed by atoms with Crippen molar-refractivity contribution in [2.24, 2.45) is 5.41 Å². The molecular formula is C26H35N3O5. The molecule has 0 aliphatic carbocycles. The molecule has 0 unspecified atom stereocenters. The molecule has 1 aliphatic rings. The number of benzene rings is 1. The number of carbonyl (C=O) groups excluding carboxylic acids is 3. The largest absolute Gasteiger partial charge is 0.462 e. The Bertz CT molecular complexity index is 1020. The van der Waals surface area contributed by atoms with Gasteiger partial charge in [0, 0.05) is 49.3 Å². The topological polar surface area (TPSA) is 99.5 Å². The van der Waals surface area contributed by atoms with E-state index in [0.717, 1.165) is 24.1 Å². The first kappa shape index (κ1) is 25.6. The summed E-state index contributed by atoms with van der Waals surface area (Å²) in [6, 6.07) is 6.46. The van der Waals surface area contributed by atoms with Crippen molar-refractivity contribution in [3.8, 4) is 0 Å². The minimum atomic E-state index is -0.432. The van der Waals surface area contributed by atoms with Crippen LogP contribution in [0.4, 0.5) is 0 Å². The molecule has 0 bridgehead atoms. The number of aromatic nitrogens is 2. The number of hydrogen-bond acceptors (Lipinski definition) is 6. The molecule has 1 aromatic heterocycles. The molecule has 184 valence electrons. The molecule has 8 heteroatoms. The van der Waals surface area contributed by atoms with Crippen molar-refractivity contribution in [3.63, 3.8) is 0 Å². The van der Waals surface area contributed by atoms with Crippen LogP contribution in [0.2, 0.25) is 0 Å². The number of amides is 1. The highest BCUT2D eigenvalue weighted by molar-refractivity contribution is 5.96. The van der Waals surface area contributed by atoms with Crippen molar-refractivity contribution < 1.29 is 23.9 Å². The highest BCUT2D eigenvalue weighted by Gasteiger charge is 2.29. The molecule has 0 fully saturated rings. The van der Waals surface area contributed by atoms with Crippen LogP contribution in [0.25, 0.3) is 0 Å². The number of esters is 1. The molecule has 0 atom stereocenters. The molecule has 0 saturated heterocycles. The van der Waals surface area contributed by atoms with Crippen LogP contribution in [0, 0.1) is 5.41 Å². The molecule has 0 spiro atoms. The highest BCUT2D eigenvalue weighted by Crippen LogP contribution is 2.27. The van der Waals surface area contributed by atoms with Crippen molar-refractivity contribution >= 4 is 17.7 Å². The molecule has 1 amide bonds. The van der Waals surface area contributed by atoms with Crippen LogP contribution >= 0.6 is 0 Å². The Labute approximate surface area is 201 Å². The van der Waals surface area contributed by atoms with Gasteiger partial charge in [-0.15, -0.1) is 0 Å². The van der Waals surface area contributed by atoms with Gasteiger partial charge in [0.15, 0.2) is 5.78 Å². The fourth-order valence-electron chi connectivity index (χ4n) is 4.04. The van der Waals surface area contributed by atoms with E-state index in [9.17, 15) is 14.4 Å². The predicted molar refractivity (Wildman–Crippen MR) is 128 cm³/mol. The quantitative estimate of drug-likeness (QED) is 0.491. The third kappa shape index (κ3) is 6.53. The third-order valence-corrected chi connectivity index (χ3v) is 5.88. The maximum atomic E-state index is 12.9. The predicted octanol–water partition coefficient (Wildman–Crippen LogP) is 3.61. The number of hydrogen-bond donors (Lipinski definition) is 1.